The van der Waals surface area contributed by atoms with E-state index >= 15 is 0 Å². The molecule has 0 amide bonds. The Hall–Kier alpha value is -6.91. The molecule has 2 heterocycles. The van der Waals surface area contributed by atoms with Gasteiger partial charge in [-0.05, 0) is 76.5 Å². The summed E-state index contributed by atoms with van der Waals surface area (Å²) >= 11 is 0. The highest BCUT2D eigenvalue weighted by Crippen LogP contribution is 2.47. The third-order valence-corrected chi connectivity index (χ3v) is 9.72. The van der Waals surface area contributed by atoms with Crippen molar-refractivity contribution in [3.8, 4) is 33.7 Å². The third-order valence-electron chi connectivity index (χ3n) is 9.72. The average molecular weight is 655 g/mol. The molecule has 0 radical (unpaired) electrons. The van der Waals surface area contributed by atoms with Crippen LogP contribution in [0.25, 0.3) is 77.5 Å². The third kappa shape index (κ3) is 4.88. The van der Waals surface area contributed by atoms with Crippen LogP contribution in [0.4, 0.5) is 17.1 Å². The largest absolute Gasteiger partial charge is 0.456 e. The maximum absolute atomic E-state index is 6.40. The van der Waals surface area contributed by atoms with E-state index in [2.05, 4.69) is 132 Å². The summed E-state index contributed by atoms with van der Waals surface area (Å²) < 4.78 is 12.6. The van der Waals surface area contributed by atoms with Crippen LogP contribution in [0.1, 0.15) is 0 Å². The van der Waals surface area contributed by atoms with E-state index < -0.39 is 0 Å². The molecule has 0 aliphatic rings. The second-order valence-electron chi connectivity index (χ2n) is 12.7. The lowest BCUT2D eigenvalue weighted by molar-refractivity contribution is 0.620. The molecule has 0 aliphatic heterocycles. The SMILES string of the molecule is c1ccc(-c2nc3c(-c4ccc(N(c5ccccc5-c5cccc6ccccc56)c5cccc6oc7ccccc7c56)cc4)cccc3o2)cc1. The lowest BCUT2D eigenvalue weighted by atomic mass is 9.95. The van der Waals surface area contributed by atoms with Crippen LogP contribution in [-0.4, -0.2) is 4.98 Å². The first-order valence-corrected chi connectivity index (χ1v) is 17.1. The monoisotopic (exact) mass is 654 g/mol. The molecule has 10 aromatic rings. The van der Waals surface area contributed by atoms with Crippen LogP contribution >= 0.6 is 0 Å². The summed E-state index contributed by atoms with van der Waals surface area (Å²) in [4.78, 5) is 7.32. The van der Waals surface area contributed by atoms with E-state index in [-0.39, 0.29) is 0 Å². The summed E-state index contributed by atoms with van der Waals surface area (Å²) in [6, 6.07) is 63.4. The van der Waals surface area contributed by atoms with Crippen molar-refractivity contribution in [1.82, 2.24) is 4.98 Å². The van der Waals surface area contributed by atoms with E-state index in [4.69, 9.17) is 13.8 Å². The molecule has 8 aromatic carbocycles. The Morgan fingerprint density at radius 3 is 1.92 bits per heavy atom. The summed E-state index contributed by atoms with van der Waals surface area (Å²) in [5, 5.41) is 4.58. The van der Waals surface area contributed by atoms with Crippen molar-refractivity contribution in [3.05, 3.63) is 182 Å². The first-order chi connectivity index (χ1) is 25.3. The highest BCUT2D eigenvalue weighted by molar-refractivity contribution is 6.14. The summed E-state index contributed by atoms with van der Waals surface area (Å²) in [5.74, 6) is 0.617. The van der Waals surface area contributed by atoms with Crippen molar-refractivity contribution in [1.29, 1.82) is 0 Å². The molecular formula is C47H30N2O2. The van der Waals surface area contributed by atoms with E-state index in [9.17, 15) is 0 Å². The number of hydrogen-bond donors (Lipinski definition) is 0. The number of oxazole rings is 1. The summed E-state index contributed by atoms with van der Waals surface area (Å²) in [7, 11) is 0. The molecule has 0 saturated carbocycles. The minimum atomic E-state index is 0.617. The molecule has 240 valence electrons. The molecule has 2 aromatic heterocycles. The normalized spacial score (nSPS) is 11.5. The Labute approximate surface area is 294 Å². The molecular weight excluding hydrogens is 625 g/mol. The van der Waals surface area contributed by atoms with Crippen molar-refractivity contribution >= 4 is 60.9 Å². The molecule has 0 bridgehead atoms. The lowest BCUT2D eigenvalue weighted by Gasteiger charge is -2.29. The first-order valence-electron chi connectivity index (χ1n) is 17.1. The van der Waals surface area contributed by atoms with Crippen molar-refractivity contribution in [3.63, 3.8) is 0 Å². The van der Waals surface area contributed by atoms with Crippen molar-refractivity contribution in [2.75, 3.05) is 4.90 Å². The molecule has 0 unspecified atom stereocenters. The molecule has 0 aliphatic carbocycles. The molecule has 10 rings (SSSR count). The molecule has 51 heavy (non-hydrogen) atoms. The van der Waals surface area contributed by atoms with Gasteiger partial charge in [-0.25, -0.2) is 4.98 Å². The van der Waals surface area contributed by atoms with Crippen LogP contribution in [-0.2, 0) is 0 Å². The van der Waals surface area contributed by atoms with Crippen LogP contribution in [0, 0.1) is 0 Å². The minimum absolute atomic E-state index is 0.617. The van der Waals surface area contributed by atoms with Crippen LogP contribution in [0.5, 0.6) is 0 Å². The smallest absolute Gasteiger partial charge is 0.227 e. The molecule has 0 fully saturated rings. The molecule has 0 N–H and O–H groups in total. The van der Waals surface area contributed by atoms with Gasteiger partial charge in [0.25, 0.3) is 0 Å². The predicted octanol–water partition coefficient (Wildman–Crippen LogP) is 13.4. The Morgan fingerprint density at radius 1 is 0.392 bits per heavy atom. The second kappa shape index (κ2) is 11.9. The Kier molecular flexibility index (Phi) is 6.78. The summed E-state index contributed by atoms with van der Waals surface area (Å²) in [6.45, 7) is 0. The van der Waals surface area contributed by atoms with E-state index in [0.717, 1.165) is 72.4 Å². The van der Waals surface area contributed by atoms with E-state index in [1.807, 2.05) is 54.6 Å². The topological polar surface area (TPSA) is 42.4 Å². The number of hydrogen-bond acceptors (Lipinski definition) is 4. The summed E-state index contributed by atoms with van der Waals surface area (Å²) in [6.07, 6.45) is 0. The second-order valence-corrected chi connectivity index (χ2v) is 12.7. The maximum atomic E-state index is 6.40. The number of para-hydroxylation sites is 3. The van der Waals surface area contributed by atoms with Crippen molar-refractivity contribution in [2.45, 2.75) is 0 Å². The van der Waals surface area contributed by atoms with Gasteiger partial charge < -0.3 is 13.7 Å². The number of fused-ring (bicyclic) bond motifs is 5. The van der Waals surface area contributed by atoms with Gasteiger partial charge in [-0.3, -0.25) is 0 Å². The quantitative estimate of drug-likeness (QED) is 0.179. The Bertz CT molecular complexity index is 2860. The first kappa shape index (κ1) is 29.0. The van der Waals surface area contributed by atoms with Gasteiger partial charge in [-0.2, -0.15) is 0 Å². The van der Waals surface area contributed by atoms with Gasteiger partial charge >= 0.3 is 0 Å². The fraction of sp³-hybridized carbons (Fsp3) is 0. The van der Waals surface area contributed by atoms with Gasteiger partial charge in [-0.15, -0.1) is 0 Å². The Morgan fingerprint density at radius 2 is 1.02 bits per heavy atom. The van der Waals surface area contributed by atoms with Crippen LogP contribution < -0.4 is 4.90 Å². The number of nitrogens with zero attached hydrogens (tertiary/aromatic N) is 2. The van der Waals surface area contributed by atoms with E-state index in [0.29, 0.717) is 5.89 Å². The predicted molar refractivity (Wildman–Crippen MR) is 210 cm³/mol. The van der Waals surface area contributed by atoms with Gasteiger partial charge in [0.05, 0.1) is 16.8 Å². The van der Waals surface area contributed by atoms with Crippen LogP contribution in [0.2, 0.25) is 0 Å². The molecule has 0 atom stereocenters. The van der Waals surface area contributed by atoms with Crippen LogP contribution in [0.15, 0.2) is 191 Å². The zero-order chi connectivity index (χ0) is 33.7. The highest BCUT2D eigenvalue weighted by atomic mass is 16.3. The van der Waals surface area contributed by atoms with Gasteiger partial charge in [0.15, 0.2) is 5.58 Å². The van der Waals surface area contributed by atoms with Crippen LogP contribution in [0.3, 0.4) is 0 Å². The molecule has 4 heteroatoms. The van der Waals surface area contributed by atoms with Crippen molar-refractivity contribution < 1.29 is 8.83 Å². The maximum Gasteiger partial charge on any atom is 0.227 e. The number of furan rings is 1. The highest BCUT2D eigenvalue weighted by Gasteiger charge is 2.23. The zero-order valence-corrected chi connectivity index (χ0v) is 27.5. The number of rotatable bonds is 6. The number of benzene rings is 8. The minimum Gasteiger partial charge on any atom is -0.456 e. The average Bonchev–Trinajstić information content (AvgIpc) is 3.81. The van der Waals surface area contributed by atoms with E-state index in [1.54, 1.807) is 0 Å². The number of aromatic nitrogens is 1. The van der Waals surface area contributed by atoms with E-state index in [1.165, 1.54) is 16.3 Å². The molecule has 0 saturated heterocycles. The fourth-order valence-electron chi connectivity index (χ4n) is 7.38. The van der Waals surface area contributed by atoms with Gasteiger partial charge in [0.1, 0.15) is 16.7 Å². The lowest BCUT2D eigenvalue weighted by Crippen LogP contribution is -2.11. The number of anilines is 3. The van der Waals surface area contributed by atoms with Gasteiger partial charge in [0.2, 0.25) is 5.89 Å². The summed E-state index contributed by atoms with van der Waals surface area (Å²) in [5.41, 5.74) is 11.8. The van der Waals surface area contributed by atoms with Gasteiger partial charge in [-0.1, -0.05) is 127 Å². The Balaban J connectivity index is 1.17. The fourth-order valence-corrected chi connectivity index (χ4v) is 7.38. The van der Waals surface area contributed by atoms with Crippen molar-refractivity contribution in [2.24, 2.45) is 0 Å². The standard InChI is InChI=1S/C47H30N2O2/c1-2-14-33(15-3-1)47-48-46-36(20-11-26-44(46)51-47)32-27-29-34(30-28-32)49(41-23-12-25-43-45(41)39-19-7-9-24-42(39)50-43)40-22-8-6-18-38(40)37-21-10-16-31-13-4-5-17-35(31)37/h1-30H. The zero-order valence-electron chi connectivity index (χ0n) is 27.5. The van der Waals surface area contributed by atoms with Gasteiger partial charge in [0, 0.05) is 27.8 Å². The molecule has 0 spiro atoms. The molecule has 4 nitrogen and oxygen atoms in total.